The van der Waals surface area contributed by atoms with E-state index in [0.29, 0.717) is 36.9 Å². The van der Waals surface area contributed by atoms with Crippen molar-refractivity contribution in [1.29, 1.82) is 0 Å². The van der Waals surface area contributed by atoms with Crippen molar-refractivity contribution in [2.75, 3.05) is 44.8 Å². The van der Waals surface area contributed by atoms with Crippen LogP contribution in [0.25, 0.3) is 0 Å². The van der Waals surface area contributed by atoms with Crippen molar-refractivity contribution >= 4 is 29.0 Å². The molecule has 2 rings (SSSR count). The Morgan fingerprint density at radius 1 is 1.25 bits per heavy atom. The third-order valence-electron chi connectivity index (χ3n) is 4.05. The van der Waals surface area contributed by atoms with Gasteiger partial charge < -0.3 is 19.3 Å². The molecule has 5 nitrogen and oxygen atoms in total. The van der Waals surface area contributed by atoms with Crippen molar-refractivity contribution in [2.45, 2.75) is 13.3 Å². The number of Topliss-reactive ketones (excluding diaryl/α,β-unsaturated/α-hetero) is 1. The summed E-state index contributed by atoms with van der Waals surface area (Å²) in [5, 5.41) is 0.352. The van der Waals surface area contributed by atoms with Crippen LogP contribution < -0.4 is 4.90 Å². The number of benzene rings is 1. The molecule has 0 N–H and O–H groups in total. The number of carbonyl (C=O) groups is 2. The fourth-order valence-electron chi connectivity index (χ4n) is 2.93. The number of amides is 1. The van der Waals surface area contributed by atoms with Crippen LogP contribution in [0.3, 0.4) is 0 Å². The lowest BCUT2D eigenvalue weighted by molar-refractivity contribution is -0.139. The van der Waals surface area contributed by atoms with Crippen LogP contribution in [0.1, 0.15) is 13.3 Å². The lowest BCUT2D eigenvalue weighted by atomic mass is 10.0. The number of methoxy groups -OCH3 is 1. The Morgan fingerprint density at radius 2 is 1.92 bits per heavy atom. The number of carbonyl (C=O) groups excluding carboxylic acids is 2. The van der Waals surface area contributed by atoms with E-state index < -0.39 is 5.92 Å². The normalized spacial score (nSPS) is 16.2. The Labute approximate surface area is 146 Å². The molecule has 1 heterocycles. The van der Waals surface area contributed by atoms with Crippen LogP contribution in [-0.2, 0) is 14.3 Å². The van der Waals surface area contributed by atoms with Gasteiger partial charge in [0, 0.05) is 50.4 Å². The minimum atomic E-state index is -0.442. The second-order valence-electron chi connectivity index (χ2n) is 6.00. The van der Waals surface area contributed by atoms with Crippen molar-refractivity contribution < 1.29 is 18.7 Å². The summed E-state index contributed by atoms with van der Waals surface area (Å²) in [5.41, 5.74) is 0.712. The highest BCUT2D eigenvalue weighted by Gasteiger charge is 2.28. The van der Waals surface area contributed by atoms with E-state index >= 15 is 0 Å². The van der Waals surface area contributed by atoms with Gasteiger partial charge in [0.15, 0.2) is 0 Å². The number of hydrogen-bond donors (Lipinski definition) is 0. The van der Waals surface area contributed by atoms with Gasteiger partial charge in [0.05, 0.1) is 12.5 Å². The molecule has 1 atom stereocenters. The average molecular weight is 357 g/mol. The van der Waals surface area contributed by atoms with Crippen molar-refractivity contribution in [3.8, 4) is 0 Å². The third-order valence-corrected chi connectivity index (χ3v) is 4.27. The molecule has 132 valence electrons. The summed E-state index contributed by atoms with van der Waals surface area (Å²) in [6.45, 7) is 3.92. The fraction of sp³-hybridized carbons (Fsp3) is 0.529. The lowest BCUT2D eigenvalue weighted by Crippen LogP contribution is -2.51. The summed E-state index contributed by atoms with van der Waals surface area (Å²) in [5.74, 6) is -0.914. The van der Waals surface area contributed by atoms with Crippen LogP contribution in [0.4, 0.5) is 10.1 Å². The molecule has 1 amide bonds. The molecule has 1 aliphatic heterocycles. The highest BCUT2D eigenvalue weighted by Crippen LogP contribution is 2.23. The minimum absolute atomic E-state index is 0.0292. The van der Waals surface area contributed by atoms with Crippen molar-refractivity contribution in [2.24, 2.45) is 5.92 Å². The Balaban J connectivity index is 1.98. The van der Waals surface area contributed by atoms with E-state index in [0.717, 1.165) is 0 Å². The van der Waals surface area contributed by atoms with E-state index in [2.05, 4.69) is 0 Å². The molecule has 0 bridgehead atoms. The van der Waals surface area contributed by atoms with Gasteiger partial charge in [-0.05, 0) is 25.1 Å². The zero-order valence-corrected chi connectivity index (χ0v) is 14.7. The maximum absolute atomic E-state index is 13.5. The summed E-state index contributed by atoms with van der Waals surface area (Å²) in [4.78, 5) is 27.6. The molecular weight excluding hydrogens is 335 g/mol. The van der Waals surface area contributed by atoms with Gasteiger partial charge in [-0.25, -0.2) is 4.39 Å². The number of nitrogens with zero attached hydrogens (tertiary/aromatic N) is 2. The van der Waals surface area contributed by atoms with E-state index in [1.165, 1.54) is 26.2 Å². The summed E-state index contributed by atoms with van der Waals surface area (Å²) in [6.07, 6.45) is 0.187. The van der Waals surface area contributed by atoms with Crippen molar-refractivity contribution in [1.82, 2.24) is 4.90 Å². The molecule has 0 aromatic heterocycles. The standard InChI is InChI=1S/C17H22ClFN2O3/c1-12(22)7-13(11-24-2)17(23)21-5-3-20(4-6-21)16-9-14(18)8-15(19)10-16/h8-10,13H,3-7,11H2,1-2H3. The number of piperazine rings is 1. The van der Waals surface area contributed by atoms with Crippen LogP contribution in [0.2, 0.25) is 5.02 Å². The van der Waals surface area contributed by atoms with Crippen molar-refractivity contribution in [3.05, 3.63) is 29.0 Å². The summed E-state index contributed by atoms with van der Waals surface area (Å²) < 4.78 is 18.5. The number of ketones is 1. The fourth-order valence-corrected chi connectivity index (χ4v) is 3.15. The highest BCUT2D eigenvalue weighted by atomic mass is 35.5. The van der Waals surface area contributed by atoms with Gasteiger partial charge in [-0.1, -0.05) is 11.6 Å². The van der Waals surface area contributed by atoms with E-state index in [1.54, 1.807) is 11.0 Å². The van der Waals surface area contributed by atoms with Gasteiger partial charge in [-0.15, -0.1) is 0 Å². The molecule has 24 heavy (non-hydrogen) atoms. The maximum Gasteiger partial charge on any atom is 0.228 e. The SMILES string of the molecule is COCC(CC(C)=O)C(=O)N1CCN(c2cc(F)cc(Cl)c2)CC1. The van der Waals surface area contributed by atoms with Crippen LogP contribution in [0.5, 0.6) is 0 Å². The zero-order valence-electron chi connectivity index (χ0n) is 13.9. The van der Waals surface area contributed by atoms with Gasteiger partial charge in [0.1, 0.15) is 11.6 Å². The van der Waals surface area contributed by atoms with E-state index in [-0.39, 0.29) is 30.5 Å². The number of halogens is 2. The number of rotatable bonds is 6. The molecular formula is C17H22ClFN2O3. The van der Waals surface area contributed by atoms with Gasteiger partial charge >= 0.3 is 0 Å². The Bertz CT molecular complexity index is 583. The van der Waals surface area contributed by atoms with Crippen LogP contribution in [0.15, 0.2) is 18.2 Å². The first-order valence-corrected chi connectivity index (χ1v) is 8.26. The molecule has 1 aliphatic rings. The van der Waals surface area contributed by atoms with E-state index in [1.807, 2.05) is 4.90 Å². The molecule has 1 unspecified atom stereocenters. The molecule has 0 spiro atoms. The number of hydrogen-bond acceptors (Lipinski definition) is 4. The molecule has 7 heteroatoms. The molecule has 0 aliphatic carbocycles. The first-order valence-electron chi connectivity index (χ1n) is 7.89. The topological polar surface area (TPSA) is 49.9 Å². The van der Waals surface area contributed by atoms with Crippen LogP contribution in [-0.4, -0.2) is 56.5 Å². The Morgan fingerprint density at radius 3 is 2.46 bits per heavy atom. The van der Waals surface area contributed by atoms with E-state index in [4.69, 9.17) is 16.3 Å². The first kappa shape index (κ1) is 18.7. The molecule has 0 saturated carbocycles. The lowest BCUT2D eigenvalue weighted by Gasteiger charge is -2.37. The summed E-state index contributed by atoms with van der Waals surface area (Å²) in [7, 11) is 1.52. The average Bonchev–Trinajstić information content (AvgIpc) is 2.52. The number of ether oxygens (including phenoxy) is 1. The maximum atomic E-state index is 13.5. The molecule has 1 aromatic carbocycles. The Hall–Kier alpha value is -1.66. The zero-order chi connectivity index (χ0) is 17.7. The predicted molar refractivity (Wildman–Crippen MR) is 90.9 cm³/mol. The predicted octanol–water partition coefficient (Wildman–Crippen LogP) is 2.37. The second-order valence-corrected chi connectivity index (χ2v) is 6.43. The van der Waals surface area contributed by atoms with Gasteiger partial charge in [-0.3, -0.25) is 4.79 Å². The van der Waals surface area contributed by atoms with Gasteiger partial charge in [0.2, 0.25) is 5.91 Å². The van der Waals surface area contributed by atoms with Gasteiger partial charge in [0.25, 0.3) is 0 Å². The van der Waals surface area contributed by atoms with Crippen molar-refractivity contribution in [3.63, 3.8) is 0 Å². The second kappa shape index (κ2) is 8.44. The van der Waals surface area contributed by atoms with Gasteiger partial charge in [-0.2, -0.15) is 0 Å². The molecule has 1 fully saturated rings. The largest absolute Gasteiger partial charge is 0.384 e. The minimum Gasteiger partial charge on any atom is -0.384 e. The Kier molecular flexibility index (Phi) is 6.57. The molecule has 1 saturated heterocycles. The first-order chi connectivity index (χ1) is 11.4. The van der Waals surface area contributed by atoms with Crippen LogP contribution >= 0.6 is 11.6 Å². The molecule has 0 radical (unpaired) electrons. The monoisotopic (exact) mass is 356 g/mol. The third kappa shape index (κ3) is 4.92. The molecule has 1 aromatic rings. The quantitative estimate of drug-likeness (QED) is 0.785. The number of anilines is 1. The summed E-state index contributed by atoms with van der Waals surface area (Å²) >= 11 is 5.90. The summed E-state index contributed by atoms with van der Waals surface area (Å²) in [6, 6.07) is 4.42. The van der Waals surface area contributed by atoms with E-state index in [9.17, 15) is 14.0 Å². The highest BCUT2D eigenvalue weighted by molar-refractivity contribution is 6.30. The van der Waals surface area contributed by atoms with Crippen LogP contribution in [0, 0.1) is 11.7 Å². The smallest absolute Gasteiger partial charge is 0.228 e.